The van der Waals surface area contributed by atoms with Crippen LogP contribution in [0.5, 0.6) is 5.75 Å². The summed E-state index contributed by atoms with van der Waals surface area (Å²) in [7, 11) is 0. The van der Waals surface area contributed by atoms with E-state index in [2.05, 4.69) is 17.4 Å². The maximum absolute atomic E-state index is 10.9. The van der Waals surface area contributed by atoms with Gasteiger partial charge in [0.05, 0.1) is 12.0 Å². The largest absolute Gasteiger partial charge is 0.489 e. The smallest absolute Gasteiger partial charge is 0.303 e. The van der Waals surface area contributed by atoms with Gasteiger partial charge in [-0.15, -0.1) is 0 Å². The van der Waals surface area contributed by atoms with E-state index >= 15 is 0 Å². The van der Waals surface area contributed by atoms with Crippen LogP contribution < -0.4 is 15.5 Å². The number of hydrogen-bond acceptors (Lipinski definition) is 3. The van der Waals surface area contributed by atoms with Gasteiger partial charge in [0.25, 0.3) is 0 Å². The molecule has 3 aromatic rings. The molecule has 0 heterocycles. The first-order valence-electron chi connectivity index (χ1n) is 9.95. The van der Waals surface area contributed by atoms with E-state index in [-0.39, 0.29) is 12.3 Å². The molecule has 0 saturated heterocycles. The van der Waals surface area contributed by atoms with E-state index in [0.29, 0.717) is 6.61 Å². The molecule has 0 bridgehead atoms. The molecule has 0 amide bonds. The molecule has 0 aliphatic heterocycles. The van der Waals surface area contributed by atoms with Gasteiger partial charge in [0.2, 0.25) is 0 Å². The van der Waals surface area contributed by atoms with E-state index in [1.807, 2.05) is 67.6 Å². The van der Waals surface area contributed by atoms with Crippen LogP contribution in [0.1, 0.15) is 41.5 Å². The van der Waals surface area contributed by atoms with Crippen molar-refractivity contribution in [2.45, 2.75) is 32.4 Å². The highest BCUT2D eigenvalue weighted by molar-refractivity contribution is 5.84. The molecule has 5 heteroatoms. The predicted molar refractivity (Wildman–Crippen MR) is 119 cm³/mol. The van der Waals surface area contributed by atoms with Crippen LogP contribution in [0.15, 0.2) is 72.8 Å². The Morgan fingerprint density at radius 3 is 2.47 bits per heavy atom. The van der Waals surface area contributed by atoms with Crippen LogP contribution in [0, 0.1) is 0 Å². The van der Waals surface area contributed by atoms with Crippen LogP contribution in [0.2, 0.25) is 0 Å². The van der Waals surface area contributed by atoms with Crippen LogP contribution in [0.25, 0.3) is 0 Å². The van der Waals surface area contributed by atoms with Crippen molar-refractivity contribution in [2.24, 2.45) is 0 Å². The van der Waals surface area contributed by atoms with E-state index in [9.17, 15) is 4.79 Å². The first-order chi connectivity index (χ1) is 14.5. The Morgan fingerprint density at radius 1 is 1.07 bits per heavy atom. The van der Waals surface area contributed by atoms with Gasteiger partial charge in [-0.25, -0.2) is 0 Å². The molecule has 4 N–H and O–H groups in total. The Kier molecular flexibility index (Phi) is 7.22. The molecule has 1 unspecified atom stereocenters. The summed E-state index contributed by atoms with van der Waals surface area (Å²) in [6.07, 6.45) is 1.71. The highest BCUT2D eigenvalue weighted by atomic mass is 16.5. The summed E-state index contributed by atoms with van der Waals surface area (Å²) in [6, 6.07) is 23.8. The summed E-state index contributed by atoms with van der Waals surface area (Å²) in [5, 5.41) is 18.2. The molecule has 0 spiro atoms. The Bertz CT molecular complexity index is 985. The molecular formula is C25H27N2O3+. The average molecular weight is 404 g/mol. The van der Waals surface area contributed by atoms with Gasteiger partial charge in [0.15, 0.2) is 6.21 Å². The minimum Gasteiger partial charge on any atom is -0.489 e. The zero-order valence-electron chi connectivity index (χ0n) is 17.0. The van der Waals surface area contributed by atoms with Crippen LogP contribution in [-0.4, -0.2) is 17.3 Å². The maximum Gasteiger partial charge on any atom is 0.303 e. The normalized spacial score (nSPS) is 11.5. The van der Waals surface area contributed by atoms with Gasteiger partial charge in [0, 0.05) is 12.2 Å². The number of carboxylic acid groups (broad SMARTS) is 1. The van der Waals surface area contributed by atoms with Crippen molar-refractivity contribution < 1.29 is 20.0 Å². The number of aliphatic carboxylic acids is 1. The monoisotopic (exact) mass is 403 g/mol. The molecule has 5 nitrogen and oxygen atoms in total. The third kappa shape index (κ3) is 5.95. The van der Waals surface area contributed by atoms with Gasteiger partial charge in [-0.1, -0.05) is 55.5 Å². The van der Waals surface area contributed by atoms with E-state index in [1.165, 1.54) is 5.56 Å². The minimum absolute atomic E-state index is 0.0323. The van der Waals surface area contributed by atoms with Gasteiger partial charge in [-0.3, -0.25) is 10.2 Å². The fraction of sp³-hybridized carbons (Fsp3) is 0.200. The summed E-state index contributed by atoms with van der Waals surface area (Å²) in [6.45, 7) is 3.05. The van der Waals surface area contributed by atoms with Crippen LogP contribution in [-0.2, 0) is 17.9 Å². The molecule has 0 aromatic heterocycles. The number of ether oxygens (including phenoxy) is 1. The number of anilines is 1. The van der Waals surface area contributed by atoms with Crippen molar-refractivity contribution in [1.29, 1.82) is 0 Å². The fourth-order valence-electron chi connectivity index (χ4n) is 3.23. The summed E-state index contributed by atoms with van der Waals surface area (Å²) >= 11 is 0. The van der Waals surface area contributed by atoms with Gasteiger partial charge in [-0.2, -0.15) is 0 Å². The lowest BCUT2D eigenvalue weighted by Crippen LogP contribution is -2.30. The third-order valence-corrected chi connectivity index (χ3v) is 4.96. The second kappa shape index (κ2) is 10.3. The molecule has 0 aliphatic carbocycles. The average Bonchev–Trinajstić information content (AvgIpc) is 2.77. The summed E-state index contributed by atoms with van der Waals surface area (Å²) in [5.74, 6) is -0.0852. The predicted octanol–water partition coefficient (Wildman–Crippen LogP) is 3.63. The first-order valence-corrected chi connectivity index (χ1v) is 9.95. The van der Waals surface area contributed by atoms with Crippen molar-refractivity contribution in [1.82, 2.24) is 0 Å². The standard InChI is InChI=1S/C25H26N2O3/c1-18(13-25(28)29)21-8-10-23(11-9-21)30-17-20-7-12-24(22(14-20)15-26)27-16-19-5-3-2-4-6-19/h2-12,14-15,18,26-27H,13,16-17H2,1H3,(H,28,29)/p+1. The lowest BCUT2D eigenvalue weighted by molar-refractivity contribution is -0.137. The molecular weight excluding hydrogens is 376 g/mol. The number of carbonyl (C=O) groups is 1. The Labute approximate surface area is 176 Å². The SMILES string of the molecule is CC(CC(=O)O)c1ccc(OCc2ccc(NCc3ccccc3)c(C=[NH2+])c2)cc1. The van der Waals surface area contributed by atoms with Crippen LogP contribution >= 0.6 is 0 Å². The van der Waals surface area contributed by atoms with E-state index in [1.54, 1.807) is 6.21 Å². The van der Waals surface area contributed by atoms with Gasteiger partial charge < -0.3 is 15.2 Å². The molecule has 0 fully saturated rings. The van der Waals surface area contributed by atoms with Crippen LogP contribution in [0.3, 0.4) is 0 Å². The molecule has 1 atom stereocenters. The van der Waals surface area contributed by atoms with E-state index < -0.39 is 5.97 Å². The van der Waals surface area contributed by atoms with Gasteiger partial charge in [0.1, 0.15) is 12.4 Å². The number of carboxylic acids is 1. The minimum atomic E-state index is -0.794. The lowest BCUT2D eigenvalue weighted by Gasteiger charge is -2.12. The van der Waals surface area contributed by atoms with E-state index in [4.69, 9.17) is 15.3 Å². The molecule has 154 valence electrons. The quantitative estimate of drug-likeness (QED) is 0.451. The summed E-state index contributed by atoms with van der Waals surface area (Å²) < 4.78 is 5.89. The number of nitrogens with two attached hydrogens (primary N) is 1. The van der Waals surface area contributed by atoms with Crippen molar-refractivity contribution >= 4 is 17.9 Å². The Hall–Kier alpha value is -3.60. The van der Waals surface area contributed by atoms with Crippen molar-refractivity contribution in [3.8, 4) is 5.75 Å². The van der Waals surface area contributed by atoms with E-state index in [0.717, 1.165) is 34.7 Å². The van der Waals surface area contributed by atoms with Crippen LogP contribution in [0.4, 0.5) is 5.69 Å². The molecule has 0 radical (unpaired) electrons. The van der Waals surface area contributed by atoms with Gasteiger partial charge in [-0.05, 0) is 46.9 Å². The molecule has 3 aromatic carbocycles. The zero-order valence-corrected chi connectivity index (χ0v) is 17.0. The maximum atomic E-state index is 10.9. The Morgan fingerprint density at radius 2 is 1.80 bits per heavy atom. The zero-order chi connectivity index (χ0) is 21.3. The fourth-order valence-corrected chi connectivity index (χ4v) is 3.23. The lowest BCUT2D eigenvalue weighted by atomic mass is 9.98. The van der Waals surface area contributed by atoms with Crippen molar-refractivity contribution in [2.75, 3.05) is 5.32 Å². The van der Waals surface area contributed by atoms with Crippen molar-refractivity contribution in [3.05, 3.63) is 95.1 Å². The highest BCUT2D eigenvalue weighted by Crippen LogP contribution is 2.23. The Balaban J connectivity index is 1.59. The number of benzene rings is 3. The first kappa shape index (κ1) is 21.1. The third-order valence-electron chi connectivity index (χ3n) is 4.96. The molecule has 3 rings (SSSR count). The van der Waals surface area contributed by atoms with Gasteiger partial charge >= 0.3 is 5.97 Å². The molecule has 30 heavy (non-hydrogen) atoms. The number of hydrogen-bond donors (Lipinski definition) is 3. The van der Waals surface area contributed by atoms with Crippen molar-refractivity contribution in [3.63, 3.8) is 0 Å². The second-order valence-electron chi connectivity index (χ2n) is 7.28. The number of nitrogens with one attached hydrogen (secondary N) is 1. The summed E-state index contributed by atoms with van der Waals surface area (Å²) in [5.41, 5.74) is 5.10. The highest BCUT2D eigenvalue weighted by Gasteiger charge is 2.10. The second-order valence-corrected chi connectivity index (χ2v) is 7.28. The topological polar surface area (TPSA) is 84.2 Å². The number of rotatable bonds is 10. The molecule has 0 aliphatic rings. The molecule has 0 saturated carbocycles. The summed E-state index contributed by atoms with van der Waals surface area (Å²) in [4.78, 5) is 10.9.